The summed E-state index contributed by atoms with van der Waals surface area (Å²) >= 11 is 0. The Morgan fingerprint density at radius 3 is 2.44 bits per heavy atom. The van der Waals surface area contributed by atoms with Crippen molar-refractivity contribution in [2.24, 2.45) is 5.92 Å². The summed E-state index contributed by atoms with van der Waals surface area (Å²) in [4.78, 5) is 0. The van der Waals surface area contributed by atoms with Gasteiger partial charge in [0, 0.05) is 18.7 Å². The average molecular weight is 227 g/mol. The van der Waals surface area contributed by atoms with Crippen LogP contribution in [0.3, 0.4) is 0 Å². The van der Waals surface area contributed by atoms with Crippen LogP contribution in [0.1, 0.15) is 65.2 Å². The van der Waals surface area contributed by atoms with Gasteiger partial charge in [0.2, 0.25) is 0 Å². The summed E-state index contributed by atoms with van der Waals surface area (Å²) in [5.41, 5.74) is 0. The second kappa shape index (κ2) is 8.08. The van der Waals surface area contributed by atoms with E-state index in [0.29, 0.717) is 18.7 Å². The molecule has 0 aromatic carbocycles. The standard InChI is InChI=1S/C14H29NO/c1-3-7-12(2)15-14(10-11-16)13-8-5-4-6-9-13/h12-16H,3-11H2,1-2H3. The number of hydrogen-bond acceptors (Lipinski definition) is 2. The molecule has 0 aliphatic heterocycles. The molecule has 2 heteroatoms. The zero-order valence-corrected chi connectivity index (χ0v) is 11.0. The van der Waals surface area contributed by atoms with Crippen LogP contribution in [0.2, 0.25) is 0 Å². The largest absolute Gasteiger partial charge is 0.396 e. The quantitative estimate of drug-likeness (QED) is 0.700. The third-order valence-electron chi connectivity index (χ3n) is 3.88. The van der Waals surface area contributed by atoms with Crippen LogP contribution in [0, 0.1) is 5.92 Å². The fourth-order valence-corrected chi connectivity index (χ4v) is 3.01. The maximum atomic E-state index is 9.17. The second-order valence-electron chi connectivity index (χ2n) is 5.37. The summed E-state index contributed by atoms with van der Waals surface area (Å²) in [5, 5.41) is 12.9. The highest BCUT2D eigenvalue weighted by atomic mass is 16.3. The molecular weight excluding hydrogens is 198 g/mol. The second-order valence-corrected chi connectivity index (χ2v) is 5.37. The van der Waals surface area contributed by atoms with Crippen LogP contribution in [0.25, 0.3) is 0 Å². The third-order valence-corrected chi connectivity index (χ3v) is 3.88. The van der Waals surface area contributed by atoms with Gasteiger partial charge in [0.25, 0.3) is 0 Å². The van der Waals surface area contributed by atoms with Gasteiger partial charge in [-0.15, -0.1) is 0 Å². The Kier molecular flexibility index (Phi) is 7.06. The first-order chi connectivity index (χ1) is 7.77. The van der Waals surface area contributed by atoms with Crippen molar-refractivity contribution >= 4 is 0 Å². The van der Waals surface area contributed by atoms with Crippen molar-refractivity contribution in [3.8, 4) is 0 Å². The van der Waals surface area contributed by atoms with Crippen molar-refractivity contribution in [1.82, 2.24) is 5.32 Å². The molecule has 16 heavy (non-hydrogen) atoms. The molecule has 0 spiro atoms. The number of aliphatic hydroxyl groups is 1. The average Bonchev–Trinajstić information content (AvgIpc) is 2.30. The normalized spacial score (nSPS) is 21.9. The fraction of sp³-hybridized carbons (Fsp3) is 1.00. The van der Waals surface area contributed by atoms with Crippen LogP contribution >= 0.6 is 0 Å². The van der Waals surface area contributed by atoms with E-state index in [4.69, 9.17) is 0 Å². The van der Waals surface area contributed by atoms with Crippen molar-refractivity contribution in [1.29, 1.82) is 0 Å². The molecule has 0 amide bonds. The Bertz CT molecular complexity index is 166. The minimum atomic E-state index is 0.326. The number of nitrogens with one attached hydrogen (secondary N) is 1. The minimum Gasteiger partial charge on any atom is -0.396 e. The Labute approximate surface area is 101 Å². The van der Waals surface area contributed by atoms with E-state index in [2.05, 4.69) is 19.2 Å². The van der Waals surface area contributed by atoms with Crippen molar-refractivity contribution in [3.05, 3.63) is 0 Å². The smallest absolute Gasteiger partial charge is 0.0445 e. The van der Waals surface area contributed by atoms with Gasteiger partial charge in [-0.05, 0) is 38.5 Å². The Morgan fingerprint density at radius 2 is 1.88 bits per heavy atom. The lowest BCUT2D eigenvalue weighted by atomic mass is 9.82. The molecule has 1 aliphatic rings. The molecule has 1 saturated carbocycles. The molecule has 2 unspecified atom stereocenters. The molecular formula is C14H29NO. The van der Waals surface area contributed by atoms with Gasteiger partial charge in [0.15, 0.2) is 0 Å². The molecule has 0 saturated heterocycles. The van der Waals surface area contributed by atoms with E-state index in [1.807, 2.05) is 0 Å². The van der Waals surface area contributed by atoms with Crippen LogP contribution < -0.4 is 5.32 Å². The van der Waals surface area contributed by atoms with E-state index in [1.165, 1.54) is 44.9 Å². The van der Waals surface area contributed by atoms with Crippen LogP contribution in [0.5, 0.6) is 0 Å². The number of aliphatic hydroxyl groups excluding tert-OH is 1. The highest BCUT2D eigenvalue weighted by Gasteiger charge is 2.23. The molecule has 0 heterocycles. The molecule has 0 radical (unpaired) electrons. The first-order valence-corrected chi connectivity index (χ1v) is 7.14. The monoisotopic (exact) mass is 227 g/mol. The molecule has 2 nitrogen and oxygen atoms in total. The van der Waals surface area contributed by atoms with Gasteiger partial charge in [-0.3, -0.25) is 0 Å². The Morgan fingerprint density at radius 1 is 1.19 bits per heavy atom. The third kappa shape index (κ3) is 4.84. The Balaban J connectivity index is 2.38. The van der Waals surface area contributed by atoms with Crippen LogP contribution in [-0.2, 0) is 0 Å². The topological polar surface area (TPSA) is 32.3 Å². The summed E-state index contributed by atoms with van der Waals surface area (Å²) < 4.78 is 0. The highest BCUT2D eigenvalue weighted by Crippen LogP contribution is 2.28. The Hall–Kier alpha value is -0.0800. The molecule has 2 N–H and O–H groups in total. The van der Waals surface area contributed by atoms with Gasteiger partial charge in [-0.25, -0.2) is 0 Å². The number of rotatable bonds is 7. The first-order valence-electron chi connectivity index (χ1n) is 7.14. The predicted molar refractivity (Wildman–Crippen MR) is 69.6 cm³/mol. The lowest BCUT2D eigenvalue weighted by Gasteiger charge is -2.33. The van der Waals surface area contributed by atoms with Gasteiger partial charge < -0.3 is 10.4 Å². The summed E-state index contributed by atoms with van der Waals surface area (Å²) in [5.74, 6) is 0.806. The number of hydrogen-bond donors (Lipinski definition) is 2. The van der Waals surface area contributed by atoms with Crippen molar-refractivity contribution < 1.29 is 5.11 Å². The predicted octanol–water partition coefficient (Wildman–Crippen LogP) is 3.10. The summed E-state index contributed by atoms with van der Waals surface area (Å²) in [7, 11) is 0. The van der Waals surface area contributed by atoms with E-state index in [1.54, 1.807) is 0 Å². The van der Waals surface area contributed by atoms with Crippen LogP contribution in [0.4, 0.5) is 0 Å². The lowest BCUT2D eigenvalue weighted by Crippen LogP contribution is -2.42. The van der Waals surface area contributed by atoms with E-state index in [0.717, 1.165) is 12.3 Å². The summed E-state index contributed by atoms with van der Waals surface area (Å²) in [6.45, 7) is 4.84. The molecule has 1 fully saturated rings. The van der Waals surface area contributed by atoms with Crippen LogP contribution in [0.15, 0.2) is 0 Å². The molecule has 2 atom stereocenters. The SMILES string of the molecule is CCCC(C)NC(CCO)C1CCCCC1. The molecule has 96 valence electrons. The van der Waals surface area contributed by atoms with E-state index in [-0.39, 0.29) is 0 Å². The van der Waals surface area contributed by atoms with Crippen molar-refractivity contribution in [2.75, 3.05) is 6.61 Å². The molecule has 0 aromatic heterocycles. The fourth-order valence-electron chi connectivity index (χ4n) is 3.01. The van der Waals surface area contributed by atoms with Crippen molar-refractivity contribution in [3.63, 3.8) is 0 Å². The molecule has 1 aliphatic carbocycles. The highest BCUT2D eigenvalue weighted by molar-refractivity contribution is 4.81. The zero-order valence-electron chi connectivity index (χ0n) is 11.0. The zero-order chi connectivity index (χ0) is 11.8. The van der Waals surface area contributed by atoms with Crippen LogP contribution in [-0.4, -0.2) is 23.8 Å². The van der Waals surface area contributed by atoms with E-state index >= 15 is 0 Å². The first kappa shape index (κ1) is 14.0. The summed E-state index contributed by atoms with van der Waals surface area (Å²) in [6, 6.07) is 1.15. The molecule has 1 rings (SSSR count). The minimum absolute atomic E-state index is 0.326. The van der Waals surface area contributed by atoms with Gasteiger partial charge >= 0.3 is 0 Å². The molecule has 0 aromatic rings. The van der Waals surface area contributed by atoms with E-state index < -0.39 is 0 Å². The maximum absolute atomic E-state index is 9.17. The maximum Gasteiger partial charge on any atom is 0.0445 e. The van der Waals surface area contributed by atoms with Gasteiger partial charge in [-0.1, -0.05) is 32.6 Å². The lowest BCUT2D eigenvalue weighted by molar-refractivity contribution is 0.196. The molecule has 0 bridgehead atoms. The summed E-state index contributed by atoms with van der Waals surface area (Å²) in [6.07, 6.45) is 10.3. The van der Waals surface area contributed by atoms with Gasteiger partial charge in [0.05, 0.1) is 0 Å². The van der Waals surface area contributed by atoms with Gasteiger partial charge in [-0.2, -0.15) is 0 Å². The van der Waals surface area contributed by atoms with Gasteiger partial charge in [0.1, 0.15) is 0 Å². The van der Waals surface area contributed by atoms with Crippen molar-refractivity contribution in [2.45, 2.75) is 77.3 Å². The van der Waals surface area contributed by atoms with E-state index in [9.17, 15) is 5.11 Å².